The minimum atomic E-state index is -0.501. The zero-order chi connectivity index (χ0) is 19.4. The van der Waals surface area contributed by atoms with Crippen molar-refractivity contribution in [2.24, 2.45) is 0 Å². The van der Waals surface area contributed by atoms with Crippen LogP contribution in [-0.4, -0.2) is 51.2 Å². The van der Waals surface area contributed by atoms with Gasteiger partial charge in [-0.3, -0.25) is 9.78 Å². The van der Waals surface area contributed by atoms with Crippen molar-refractivity contribution in [2.75, 3.05) is 13.1 Å². The molecule has 3 heterocycles. The normalized spacial score (nSPS) is 15.7. The van der Waals surface area contributed by atoms with Gasteiger partial charge >= 0.3 is 6.09 Å². The molecule has 27 heavy (non-hydrogen) atoms. The van der Waals surface area contributed by atoms with Gasteiger partial charge in [-0.2, -0.15) is 0 Å². The van der Waals surface area contributed by atoms with Crippen LogP contribution >= 0.6 is 0 Å². The molecular formula is C20H28N4O3. The minimum Gasteiger partial charge on any atom is -0.444 e. The maximum Gasteiger partial charge on any atom is 0.407 e. The van der Waals surface area contributed by atoms with Crippen molar-refractivity contribution in [3.8, 4) is 0 Å². The quantitative estimate of drug-likeness (QED) is 0.895. The predicted octanol–water partition coefficient (Wildman–Crippen LogP) is 2.94. The van der Waals surface area contributed by atoms with Crippen LogP contribution in [0.4, 0.5) is 4.79 Å². The van der Waals surface area contributed by atoms with Crippen molar-refractivity contribution in [2.45, 2.75) is 58.2 Å². The van der Waals surface area contributed by atoms with Gasteiger partial charge in [-0.25, -0.2) is 4.79 Å². The number of nitrogens with one attached hydrogen (secondary N) is 1. The lowest BCUT2D eigenvalue weighted by molar-refractivity contribution is -0.132. The Hall–Kier alpha value is -2.57. The van der Waals surface area contributed by atoms with Gasteiger partial charge in [0, 0.05) is 49.9 Å². The highest BCUT2D eigenvalue weighted by Gasteiger charge is 2.25. The summed E-state index contributed by atoms with van der Waals surface area (Å²) in [6.07, 6.45) is 7.17. The lowest BCUT2D eigenvalue weighted by Gasteiger charge is -2.33. The van der Waals surface area contributed by atoms with Gasteiger partial charge in [0.05, 0.1) is 11.7 Å². The van der Waals surface area contributed by atoms with Crippen LogP contribution < -0.4 is 5.32 Å². The summed E-state index contributed by atoms with van der Waals surface area (Å²) in [5.74, 6) is 0.149. The number of nitrogens with zero attached hydrogens (tertiary/aromatic N) is 3. The Morgan fingerprint density at radius 3 is 2.70 bits per heavy atom. The van der Waals surface area contributed by atoms with Gasteiger partial charge < -0.3 is 19.5 Å². The number of likely N-dealkylation sites (tertiary alicyclic amines) is 1. The number of fused-ring (bicyclic) bond motifs is 1. The molecule has 7 nitrogen and oxygen atoms in total. The maximum absolute atomic E-state index is 12.5. The fourth-order valence-electron chi connectivity index (χ4n) is 3.35. The molecule has 1 fully saturated rings. The summed E-state index contributed by atoms with van der Waals surface area (Å²) in [7, 11) is 0. The molecule has 0 aromatic carbocycles. The average molecular weight is 372 g/mol. The molecule has 0 saturated carbocycles. The highest BCUT2D eigenvalue weighted by molar-refractivity contribution is 5.80. The number of carbonyl (C=O) groups excluding carboxylic acids is 2. The number of hydrogen-bond donors (Lipinski definition) is 1. The second kappa shape index (κ2) is 7.98. The lowest BCUT2D eigenvalue weighted by atomic mass is 10.0. The first-order chi connectivity index (χ1) is 12.8. The van der Waals surface area contributed by atoms with Crippen molar-refractivity contribution in [3.63, 3.8) is 0 Å². The van der Waals surface area contributed by atoms with E-state index in [0.29, 0.717) is 26.1 Å². The number of alkyl carbamates (subject to hydrolysis) is 1. The zero-order valence-corrected chi connectivity index (χ0v) is 16.3. The van der Waals surface area contributed by atoms with E-state index in [1.54, 1.807) is 6.20 Å². The fraction of sp³-hybridized carbons (Fsp3) is 0.550. The van der Waals surface area contributed by atoms with Crippen molar-refractivity contribution < 1.29 is 14.3 Å². The van der Waals surface area contributed by atoms with Gasteiger partial charge in [0.1, 0.15) is 5.60 Å². The van der Waals surface area contributed by atoms with Crippen molar-refractivity contribution in [3.05, 3.63) is 30.7 Å². The Labute approximate surface area is 159 Å². The van der Waals surface area contributed by atoms with Gasteiger partial charge in [0.15, 0.2) is 0 Å². The summed E-state index contributed by atoms with van der Waals surface area (Å²) in [5.41, 5.74) is 0.546. The van der Waals surface area contributed by atoms with E-state index < -0.39 is 5.60 Å². The van der Waals surface area contributed by atoms with E-state index in [2.05, 4.69) is 14.9 Å². The second-order valence-corrected chi connectivity index (χ2v) is 7.99. The van der Waals surface area contributed by atoms with Crippen molar-refractivity contribution in [1.29, 1.82) is 0 Å². The van der Waals surface area contributed by atoms with Gasteiger partial charge in [0.25, 0.3) is 0 Å². The predicted molar refractivity (Wildman–Crippen MR) is 103 cm³/mol. The number of piperidine rings is 1. The molecule has 0 bridgehead atoms. The third-order valence-corrected chi connectivity index (χ3v) is 4.71. The molecule has 0 unspecified atom stereocenters. The second-order valence-electron chi connectivity index (χ2n) is 7.99. The molecule has 1 saturated heterocycles. The van der Waals surface area contributed by atoms with Crippen LogP contribution in [-0.2, 0) is 16.1 Å². The third kappa shape index (κ3) is 5.21. The molecule has 1 aliphatic rings. The first-order valence-corrected chi connectivity index (χ1v) is 9.48. The van der Waals surface area contributed by atoms with E-state index in [4.69, 9.17) is 4.74 Å². The van der Waals surface area contributed by atoms with E-state index in [1.165, 1.54) is 0 Å². The number of ether oxygens (including phenoxy) is 1. The summed E-state index contributed by atoms with van der Waals surface area (Å²) in [5, 5.41) is 4.03. The number of rotatable bonds is 4. The van der Waals surface area contributed by atoms with Gasteiger partial charge in [0.2, 0.25) is 5.91 Å². The van der Waals surface area contributed by atoms with Crippen molar-refractivity contribution >= 4 is 22.9 Å². The summed E-state index contributed by atoms with van der Waals surface area (Å²) in [6, 6.07) is 4.06. The smallest absolute Gasteiger partial charge is 0.407 e. The van der Waals surface area contributed by atoms with E-state index in [0.717, 1.165) is 23.7 Å². The van der Waals surface area contributed by atoms with Gasteiger partial charge in [-0.05, 0) is 45.7 Å². The van der Waals surface area contributed by atoms with E-state index in [1.807, 2.05) is 50.2 Å². The Morgan fingerprint density at radius 2 is 2.00 bits per heavy atom. The van der Waals surface area contributed by atoms with E-state index >= 15 is 0 Å². The Morgan fingerprint density at radius 1 is 1.26 bits per heavy atom. The minimum absolute atomic E-state index is 0.0587. The molecular weight excluding hydrogens is 344 g/mol. The number of aromatic nitrogens is 2. The molecule has 0 atom stereocenters. The Bertz CT molecular complexity index is 801. The molecule has 2 aromatic heterocycles. The zero-order valence-electron chi connectivity index (χ0n) is 16.3. The lowest BCUT2D eigenvalue weighted by Crippen LogP contribution is -2.47. The average Bonchev–Trinajstić information content (AvgIpc) is 3.02. The standard InChI is InChI=1S/C20H28N4O3/c1-20(2,3)27-19(26)22-16-6-11-24(12-7-16)18(25)8-13-23-10-5-15-4-9-21-14-17(15)23/h4-5,9-10,14,16H,6-8,11-13H2,1-3H3,(H,22,26). The fourth-order valence-corrected chi connectivity index (χ4v) is 3.35. The van der Waals surface area contributed by atoms with Gasteiger partial charge in [-0.1, -0.05) is 0 Å². The summed E-state index contributed by atoms with van der Waals surface area (Å²) >= 11 is 0. The molecule has 1 aliphatic heterocycles. The topological polar surface area (TPSA) is 76.5 Å². The number of hydrogen-bond acceptors (Lipinski definition) is 4. The van der Waals surface area contributed by atoms with Crippen LogP contribution in [0.1, 0.15) is 40.0 Å². The van der Waals surface area contributed by atoms with Crippen LogP contribution in [0, 0.1) is 0 Å². The van der Waals surface area contributed by atoms with Crippen LogP contribution in [0.25, 0.3) is 10.9 Å². The molecule has 146 valence electrons. The largest absolute Gasteiger partial charge is 0.444 e. The summed E-state index contributed by atoms with van der Waals surface area (Å²) < 4.78 is 7.36. The molecule has 0 radical (unpaired) electrons. The third-order valence-electron chi connectivity index (χ3n) is 4.71. The number of aryl methyl sites for hydroxylation is 1. The Kier molecular flexibility index (Phi) is 5.68. The van der Waals surface area contributed by atoms with Crippen LogP contribution in [0.5, 0.6) is 0 Å². The van der Waals surface area contributed by atoms with Crippen molar-refractivity contribution in [1.82, 2.24) is 19.8 Å². The highest BCUT2D eigenvalue weighted by Crippen LogP contribution is 2.16. The SMILES string of the molecule is CC(C)(C)OC(=O)NC1CCN(C(=O)CCn2ccc3ccncc32)CC1. The van der Waals surface area contributed by atoms with Crippen LogP contribution in [0.2, 0.25) is 0 Å². The van der Waals surface area contributed by atoms with Crippen LogP contribution in [0.3, 0.4) is 0 Å². The molecule has 2 amide bonds. The number of carbonyl (C=O) groups is 2. The number of amides is 2. The maximum atomic E-state index is 12.5. The molecule has 0 aliphatic carbocycles. The summed E-state index contributed by atoms with van der Waals surface area (Å²) in [4.78, 5) is 30.4. The molecule has 7 heteroatoms. The van der Waals surface area contributed by atoms with Crippen LogP contribution in [0.15, 0.2) is 30.7 Å². The van der Waals surface area contributed by atoms with E-state index in [9.17, 15) is 9.59 Å². The van der Waals surface area contributed by atoms with E-state index in [-0.39, 0.29) is 18.0 Å². The molecule has 2 aromatic rings. The Balaban J connectivity index is 1.44. The highest BCUT2D eigenvalue weighted by atomic mass is 16.6. The monoisotopic (exact) mass is 372 g/mol. The number of pyridine rings is 1. The van der Waals surface area contributed by atoms with Gasteiger partial charge in [-0.15, -0.1) is 0 Å². The molecule has 0 spiro atoms. The molecule has 1 N–H and O–H groups in total. The molecule has 3 rings (SSSR count). The summed E-state index contributed by atoms with van der Waals surface area (Å²) in [6.45, 7) is 7.50. The first kappa shape index (κ1) is 19.2. The first-order valence-electron chi connectivity index (χ1n) is 9.48.